The van der Waals surface area contributed by atoms with E-state index in [0.29, 0.717) is 6.61 Å². The molecule has 0 heterocycles. The molecule has 2 aromatic carbocycles. The largest absolute Gasteiger partial charge is 0.406 e. The summed E-state index contributed by atoms with van der Waals surface area (Å²) in [6.45, 7) is 9.67. The van der Waals surface area contributed by atoms with Crippen LogP contribution in [0.4, 0.5) is 0 Å². The highest BCUT2D eigenvalue weighted by Gasteiger charge is 2.49. The van der Waals surface area contributed by atoms with Gasteiger partial charge in [0.1, 0.15) is 0 Å². The highest BCUT2D eigenvalue weighted by Crippen LogP contribution is 2.36. The predicted octanol–water partition coefficient (Wildman–Crippen LogP) is 4.37. The first kappa shape index (κ1) is 18.5. The molecule has 0 saturated heterocycles. The van der Waals surface area contributed by atoms with Crippen molar-refractivity contribution in [2.24, 2.45) is 0 Å². The lowest BCUT2D eigenvalue weighted by Gasteiger charge is -2.43. The number of rotatable bonds is 5. The molecule has 2 rings (SSSR count). The Morgan fingerprint density at radius 3 is 1.75 bits per heavy atom. The zero-order valence-corrected chi connectivity index (χ0v) is 16.3. The van der Waals surface area contributed by atoms with E-state index in [-0.39, 0.29) is 5.04 Å². The van der Waals surface area contributed by atoms with Crippen molar-refractivity contribution in [1.29, 1.82) is 0 Å². The first-order valence-electron chi connectivity index (χ1n) is 8.73. The fourth-order valence-electron chi connectivity index (χ4n) is 3.23. The molecule has 0 aromatic heterocycles. The zero-order valence-electron chi connectivity index (χ0n) is 15.3. The van der Waals surface area contributed by atoms with Gasteiger partial charge in [0, 0.05) is 19.4 Å². The van der Waals surface area contributed by atoms with Crippen LogP contribution in [0.1, 0.15) is 40.5 Å². The van der Waals surface area contributed by atoms with E-state index in [4.69, 9.17) is 4.43 Å². The van der Waals surface area contributed by atoms with Crippen LogP contribution in [0.25, 0.3) is 0 Å². The monoisotopic (exact) mass is 336 g/mol. The van der Waals surface area contributed by atoms with Crippen LogP contribution in [0.3, 0.4) is 0 Å². The first-order valence-corrected chi connectivity index (χ1v) is 10.6. The smallest absolute Gasteiger partial charge is 0.261 e. The summed E-state index contributed by atoms with van der Waals surface area (Å²) < 4.78 is 6.75. The molecule has 1 nitrogen and oxygen atoms in total. The van der Waals surface area contributed by atoms with E-state index >= 15 is 0 Å². The molecule has 0 spiro atoms. The molecule has 0 bridgehead atoms. The van der Waals surface area contributed by atoms with Gasteiger partial charge in [-0.1, -0.05) is 88.4 Å². The highest BCUT2D eigenvalue weighted by atomic mass is 28.4. The lowest BCUT2D eigenvalue weighted by molar-refractivity contribution is 0.306. The van der Waals surface area contributed by atoms with Gasteiger partial charge in [-0.25, -0.2) is 0 Å². The van der Waals surface area contributed by atoms with Crippen molar-refractivity contribution in [3.8, 4) is 11.8 Å². The Morgan fingerprint density at radius 2 is 1.33 bits per heavy atom. The van der Waals surface area contributed by atoms with E-state index in [0.717, 1.165) is 12.8 Å². The number of hydrogen-bond acceptors (Lipinski definition) is 1. The van der Waals surface area contributed by atoms with Gasteiger partial charge in [0.05, 0.1) is 0 Å². The Kier molecular flexibility index (Phi) is 6.42. The topological polar surface area (TPSA) is 9.23 Å². The minimum absolute atomic E-state index is 0.0356. The van der Waals surface area contributed by atoms with Gasteiger partial charge in [-0.05, 0) is 15.4 Å². The lowest BCUT2D eigenvalue weighted by atomic mass is 10.2. The fraction of sp³-hybridized carbons (Fsp3) is 0.364. The molecule has 2 heteroatoms. The van der Waals surface area contributed by atoms with E-state index < -0.39 is 8.32 Å². The Hall–Kier alpha value is -1.82. The van der Waals surface area contributed by atoms with Gasteiger partial charge in [-0.2, -0.15) is 0 Å². The maximum atomic E-state index is 6.75. The molecule has 0 aliphatic carbocycles. The molecule has 0 radical (unpaired) electrons. The molecule has 126 valence electrons. The van der Waals surface area contributed by atoms with Crippen molar-refractivity contribution in [2.75, 3.05) is 6.61 Å². The molecule has 0 saturated carbocycles. The van der Waals surface area contributed by atoms with Crippen LogP contribution in [0.5, 0.6) is 0 Å². The van der Waals surface area contributed by atoms with Gasteiger partial charge < -0.3 is 4.43 Å². The normalized spacial score (nSPS) is 11.7. The minimum Gasteiger partial charge on any atom is -0.406 e. The summed E-state index contributed by atoms with van der Waals surface area (Å²) in [5.41, 5.74) is 0. The lowest BCUT2D eigenvalue weighted by Crippen LogP contribution is -2.66. The van der Waals surface area contributed by atoms with Crippen molar-refractivity contribution in [3.63, 3.8) is 0 Å². The molecule has 0 atom stereocenters. The van der Waals surface area contributed by atoms with Crippen LogP contribution in [0, 0.1) is 11.8 Å². The molecule has 24 heavy (non-hydrogen) atoms. The van der Waals surface area contributed by atoms with E-state index in [9.17, 15) is 0 Å². The van der Waals surface area contributed by atoms with Crippen LogP contribution >= 0.6 is 0 Å². The van der Waals surface area contributed by atoms with Crippen LogP contribution in [-0.4, -0.2) is 14.9 Å². The van der Waals surface area contributed by atoms with Crippen LogP contribution in [0.15, 0.2) is 60.7 Å². The third-order valence-electron chi connectivity index (χ3n) is 4.26. The second-order valence-electron chi connectivity index (χ2n) is 6.97. The highest BCUT2D eigenvalue weighted by molar-refractivity contribution is 6.99. The Bertz CT molecular complexity index is 635. The summed E-state index contributed by atoms with van der Waals surface area (Å²) in [6.07, 6.45) is 1.69. The third-order valence-corrected chi connectivity index (χ3v) is 9.31. The minimum atomic E-state index is -2.38. The number of hydrogen-bond donors (Lipinski definition) is 0. The summed E-state index contributed by atoms with van der Waals surface area (Å²) in [5, 5.41) is 2.69. The fourth-order valence-corrected chi connectivity index (χ4v) is 7.79. The molecule has 0 unspecified atom stereocenters. The van der Waals surface area contributed by atoms with E-state index in [2.05, 4.69) is 100 Å². The van der Waals surface area contributed by atoms with Crippen molar-refractivity contribution < 1.29 is 4.43 Å². The SMILES string of the molecule is CCC#CCCO[Si](c1ccccc1)(c1ccccc1)C(C)(C)C. The van der Waals surface area contributed by atoms with Crippen LogP contribution in [-0.2, 0) is 4.43 Å². The number of benzene rings is 2. The van der Waals surface area contributed by atoms with Gasteiger partial charge in [0.2, 0.25) is 0 Å². The Labute approximate surface area is 148 Å². The second kappa shape index (κ2) is 8.33. The summed E-state index contributed by atoms with van der Waals surface area (Å²) in [7, 11) is -2.38. The van der Waals surface area contributed by atoms with E-state index in [1.807, 2.05) is 0 Å². The Morgan fingerprint density at radius 1 is 0.833 bits per heavy atom. The molecule has 2 aromatic rings. The summed E-state index contributed by atoms with van der Waals surface area (Å²) in [6, 6.07) is 21.5. The van der Waals surface area contributed by atoms with Crippen molar-refractivity contribution >= 4 is 18.7 Å². The molecular formula is C22H28OSi. The van der Waals surface area contributed by atoms with Gasteiger partial charge >= 0.3 is 0 Å². The van der Waals surface area contributed by atoms with E-state index in [1.54, 1.807) is 0 Å². The summed E-state index contributed by atoms with van der Waals surface area (Å²) in [4.78, 5) is 0. The maximum absolute atomic E-state index is 6.75. The standard InChI is InChI=1S/C22H28OSi/c1-5-6-7-14-19-23-24(22(2,3)4,20-15-10-8-11-16-20)21-17-12-9-13-18-21/h8-13,15-18H,5,14,19H2,1-4H3. The van der Waals surface area contributed by atoms with Crippen molar-refractivity contribution in [1.82, 2.24) is 0 Å². The average molecular weight is 337 g/mol. The summed E-state index contributed by atoms with van der Waals surface area (Å²) >= 11 is 0. The Balaban J connectivity index is 2.49. The second-order valence-corrected chi connectivity index (χ2v) is 11.3. The molecule has 0 aliphatic rings. The van der Waals surface area contributed by atoms with Gasteiger partial charge in [0.25, 0.3) is 8.32 Å². The van der Waals surface area contributed by atoms with Gasteiger partial charge in [0.15, 0.2) is 0 Å². The quantitative estimate of drug-likeness (QED) is 0.448. The average Bonchev–Trinajstić information content (AvgIpc) is 2.59. The molecule has 0 amide bonds. The molecule has 0 N–H and O–H groups in total. The van der Waals surface area contributed by atoms with Crippen LogP contribution < -0.4 is 10.4 Å². The van der Waals surface area contributed by atoms with Gasteiger partial charge in [-0.3, -0.25) is 0 Å². The maximum Gasteiger partial charge on any atom is 0.261 e. The van der Waals surface area contributed by atoms with Gasteiger partial charge in [-0.15, -0.1) is 11.8 Å². The third kappa shape index (κ3) is 3.98. The summed E-state index contributed by atoms with van der Waals surface area (Å²) in [5.74, 6) is 6.35. The van der Waals surface area contributed by atoms with Crippen LogP contribution in [0.2, 0.25) is 5.04 Å². The van der Waals surface area contributed by atoms with Crippen molar-refractivity contribution in [3.05, 3.63) is 60.7 Å². The van der Waals surface area contributed by atoms with Crippen molar-refractivity contribution in [2.45, 2.75) is 45.6 Å². The predicted molar refractivity (Wildman–Crippen MR) is 106 cm³/mol. The molecule has 0 fully saturated rings. The molecule has 0 aliphatic heterocycles. The zero-order chi connectivity index (χ0) is 17.5. The van der Waals surface area contributed by atoms with E-state index in [1.165, 1.54) is 10.4 Å². The molecular weight excluding hydrogens is 308 g/mol. The first-order chi connectivity index (χ1) is 11.5.